The Labute approximate surface area is 81.4 Å². The van der Waals surface area contributed by atoms with Gasteiger partial charge >= 0.3 is 5.69 Å². The molecule has 8 heteroatoms. The van der Waals surface area contributed by atoms with Crippen LogP contribution in [0, 0.1) is 4.77 Å². The molecule has 2 aromatic rings. The maximum Gasteiger partial charge on any atom is 0.342 e. The maximum atomic E-state index is 11.1. The number of H-pyrrole nitrogens is 2. The molecule has 0 radical (unpaired) electrons. The number of nitrogens with one attached hydrogen (secondary N) is 2. The fraction of sp³-hybridized carbons (Fsp3) is 0.200. The van der Waals surface area contributed by atoms with Gasteiger partial charge in [0.2, 0.25) is 0 Å². The summed E-state index contributed by atoms with van der Waals surface area (Å²) in [7, 11) is 0. The standard InChI is InChI=1S/C5H5N5OS2/c11-4-7-8-5(12)10(4)2-3-1-6-9-13-3/h1H,2H2,(H,7,11)(H,8,12). The van der Waals surface area contributed by atoms with Gasteiger partial charge in [0.05, 0.1) is 17.6 Å². The molecule has 68 valence electrons. The van der Waals surface area contributed by atoms with Gasteiger partial charge in [-0.05, 0) is 23.8 Å². The van der Waals surface area contributed by atoms with Gasteiger partial charge in [0, 0.05) is 0 Å². The van der Waals surface area contributed by atoms with E-state index in [1.807, 2.05) is 0 Å². The molecule has 0 bridgehead atoms. The Morgan fingerprint density at radius 3 is 3.00 bits per heavy atom. The lowest BCUT2D eigenvalue weighted by atomic mass is 10.5. The molecular weight excluding hydrogens is 210 g/mol. The van der Waals surface area contributed by atoms with Crippen molar-refractivity contribution in [3.05, 3.63) is 26.3 Å². The Balaban J connectivity index is 2.38. The largest absolute Gasteiger partial charge is 0.342 e. The van der Waals surface area contributed by atoms with E-state index in [9.17, 15) is 4.79 Å². The Morgan fingerprint density at radius 1 is 1.62 bits per heavy atom. The van der Waals surface area contributed by atoms with Gasteiger partial charge in [-0.25, -0.2) is 9.89 Å². The van der Waals surface area contributed by atoms with Crippen molar-refractivity contribution < 1.29 is 0 Å². The van der Waals surface area contributed by atoms with Gasteiger partial charge in [0.1, 0.15) is 0 Å². The number of aromatic nitrogens is 5. The summed E-state index contributed by atoms with van der Waals surface area (Å²) in [5.74, 6) is 0. The molecule has 0 unspecified atom stereocenters. The van der Waals surface area contributed by atoms with Crippen LogP contribution >= 0.6 is 23.8 Å². The van der Waals surface area contributed by atoms with Gasteiger partial charge in [0.25, 0.3) is 0 Å². The van der Waals surface area contributed by atoms with Crippen molar-refractivity contribution in [2.75, 3.05) is 0 Å². The first kappa shape index (κ1) is 8.32. The highest BCUT2D eigenvalue weighted by molar-refractivity contribution is 7.71. The van der Waals surface area contributed by atoms with Crippen molar-refractivity contribution in [3.63, 3.8) is 0 Å². The van der Waals surface area contributed by atoms with Gasteiger partial charge in [-0.3, -0.25) is 9.67 Å². The topological polar surface area (TPSA) is 79.4 Å². The third-order valence-electron chi connectivity index (χ3n) is 1.49. The van der Waals surface area contributed by atoms with Crippen molar-refractivity contribution in [1.29, 1.82) is 0 Å². The molecule has 2 rings (SSSR count). The van der Waals surface area contributed by atoms with E-state index >= 15 is 0 Å². The number of hydrogen-bond donors (Lipinski definition) is 2. The van der Waals surface area contributed by atoms with Gasteiger partial charge in [-0.2, -0.15) is 0 Å². The quantitative estimate of drug-likeness (QED) is 0.698. The summed E-state index contributed by atoms with van der Waals surface area (Å²) in [5, 5.41) is 8.61. The third-order valence-corrected chi connectivity index (χ3v) is 2.45. The SMILES string of the molecule is O=c1[nH][nH]c(=S)n1Cc1cnns1. The van der Waals surface area contributed by atoms with Crippen LogP contribution in [0.3, 0.4) is 0 Å². The van der Waals surface area contributed by atoms with E-state index in [4.69, 9.17) is 12.2 Å². The Hall–Kier alpha value is -1.28. The Kier molecular flexibility index (Phi) is 2.07. The molecule has 6 nitrogen and oxygen atoms in total. The Morgan fingerprint density at radius 2 is 2.46 bits per heavy atom. The second kappa shape index (κ2) is 3.23. The van der Waals surface area contributed by atoms with Crippen LogP contribution in [0.4, 0.5) is 0 Å². The highest BCUT2D eigenvalue weighted by Crippen LogP contribution is 2.02. The molecule has 13 heavy (non-hydrogen) atoms. The van der Waals surface area contributed by atoms with Crippen LogP contribution < -0.4 is 5.69 Å². The highest BCUT2D eigenvalue weighted by Gasteiger charge is 2.02. The number of nitrogens with zero attached hydrogens (tertiary/aromatic N) is 3. The Bertz CT molecular complexity index is 464. The van der Waals surface area contributed by atoms with E-state index in [1.54, 1.807) is 6.20 Å². The number of hydrogen-bond acceptors (Lipinski definition) is 5. The monoisotopic (exact) mass is 215 g/mol. The highest BCUT2D eigenvalue weighted by atomic mass is 32.1. The molecule has 0 aliphatic carbocycles. The molecule has 0 aliphatic heterocycles. The molecule has 0 aromatic carbocycles. The van der Waals surface area contributed by atoms with E-state index in [1.165, 1.54) is 16.1 Å². The van der Waals surface area contributed by atoms with Gasteiger partial charge in [0.15, 0.2) is 4.77 Å². The molecule has 2 heterocycles. The zero-order valence-electron chi connectivity index (χ0n) is 6.35. The molecule has 0 fully saturated rings. The van der Waals surface area contributed by atoms with E-state index in [0.29, 0.717) is 11.3 Å². The van der Waals surface area contributed by atoms with Crippen molar-refractivity contribution in [3.8, 4) is 0 Å². The molecule has 0 spiro atoms. The predicted octanol–water partition coefficient (Wildman–Crippen LogP) is 0.134. The fourth-order valence-corrected chi connectivity index (χ4v) is 1.57. The summed E-state index contributed by atoms with van der Waals surface area (Å²) >= 11 is 6.13. The maximum absolute atomic E-state index is 11.1. The normalized spacial score (nSPS) is 10.5. The lowest BCUT2D eigenvalue weighted by molar-refractivity contribution is 0.760. The van der Waals surface area contributed by atoms with E-state index in [0.717, 1.165) is 4.88 Å². The molecular formula is C5H5N5OS2. The zero-order chi connectivity index (χ0) is 9.26. The lowest BCUT2D eigenvalue weighted by Gasteiger charge is -1.93. The summed E-state index contributed by atoms with van der Waals surface area (Å²) in [5.41, 5.74) is -0.251. The lowest BCUT2D eigenvalue weighted by Crippen LogP contribution is -2.16. The van der Waals surface area contributed by atoms with E-state index in [-0.39, 0.29) is 5.69 Å². The minimum atomic E-state index is -0.251. The summed E-state index contributed by atoms with van der Waals surface area (Å²) in [4.78, 5) is 12.0. The van der Waals surface area contributed by atoms with Crippen LogP contribution in [0.25, 0.3) is 0 Å². The smallest absolute Gasteiger partial charge is 0.272 e. The van der Waals surface area contributed by atoms with Crippen LogP contribution in [0.15, 0.2) is 11.0 Å². The molecule has 2 aromatic heterocycles. The molecule has 0 aliphatic rings. The van der Waals surface area contributed by atoms with E-state index < -0.39 is 0 Å². The third kappa shape index (κ3) is 1.58. The first-order valence-corrected chi connectivity index (χ1v) is 4.59. The van der Waals surface area contributed by atoms with Crippen molar-refractivity contribution >= 4 is 23.8 Å². The number of aromatic amines is 2. The number of rotatable bonds is 2. The molecule has 0 amide bonds. The average Bonchev–Trinajstić information content (AvgIpc) is 2.70. The second-order valence-electron chi connectivity index (χ2n) is 2.33. The minimum Gasteiger partial charge on any atom is -0.272 e. The van der Waals surface area contributed by atoms with Crippen molar-refractivity contribution in [2.24, 2.45) is 0 Å². The molecule has 0 saturated carbocycles. The zero-order valence-corrected chi connectivity index (χ0v) is 7.98. The first-order chi connectivity index (χ1) is 6.27. The summed E-state index contributed by atoms with van der Waals surface area (Å²) in [6.07, 6.45) is 1.61. The fourth-order valence-electron chi connectivity index (χ4n) is 0.891. The molecule has 2 N–H and O–H groups in total. The summed E-state index contributed by atoms with van der Waals surface area (Å²) in [6.45, 7) is 0.412. The van der Waals surface area contributed by atoms with Crippen molar-refractivity contribution in [2.45, 2.75) is 6.54 Å². The van der Waals surface area contributed by atoms with Crippen LogP contribution in [0.2, 0.25) is 0 Å². The van der Waals surface area contributed by atoms with Gasteiger partial charge in [-0.1, -0.05) is 4.49 Å². The van der Waals surface area contributed by atoms with Gasteiger partial charge < -0.3 is 0 Å². The second-order valence-corrected chi connectivity index (χ2v) is 3.59. The van der Waals surface area contributed by atoms with E-state index in [2.05, 4.69) is 19.8 Å². The van der Waals surface area contributed by atoms with Crippen LogP contribution in [0.5, 0.6) is 0 Å². The molecule has 0 atom stereocenters. The minimum absolute atomic E-state index is 0.251. The summed E-state index contributed by atoms with van der Waals surface area (Å²) in [6, 6.07) is 0. The van der Waals surface area contributed by atoms with Crippen LogP contribution in [-0.4, -0.2) is 24.4 Å². The van der Waals surface area contributed by atoms with Crippen molar-refractivity contribution in [1.82, 2.24) is 24.4 Å². The predicted molar refractivity (Wildman–Crippen MR) is 49.2 cm³/mol. The summed E-state index contributed by atoms with van der Waals surface area (Å²) < 4.78 is 5.46. The average molecular weight is 215 g/mol. The van der Waals surface area contributed by atoms with Gasteiger partial charge in [-0.15, -0.1) is 5.10 Å². The molecule has 0 saturated heterocycles. The van der Waals surface area contributed by atoms with Crippen LogP contribution in [-0.2, 0) is 6.54 Å². The first-order valence-electron chi connectivity index (χ1n) is 3.41. The van der Waals surface area contributed by atoms with Crippen LogP contribution in [0.1, 0.15) is 4.88 Å².